The lowest BCUT2D eigenvalue weighted by Crippen LogP contribution is -2.10. The normalized spacial score (nSPS) is 30.0. The average molecular weight is 133 g/mol. The molecule has 2 unspecified atom stereocenters. The van der Waals surface area contributed by atoms with Crippen LogP contribution in [-0.2, 0) is 0 Å². The van der Waals surface area contributed by atoms with Crippen LogP contribution in [0, 0.1) is 17.2 Å². The summed E-state index contributed by atoms with van der Waals surface area (Å²) >= 11 is 0. The van der Waals surface area contributed by atoms with Crippen LogP contribution in [0.25, 0.3) is 0 Å². The van der Waals surface area contributed by atoms with Crippen molar-refractivity contribution in [1.82, 2.24) is 0 Å². The Morgan fingerprint density at radius 2 is 1.80 bits per heavy atom. The fourth-order valence-electron chi connectivity index (χ4n) is 1.04. The first-order chi connectivity index (χ1) is 4.88. The molecule has 1 nitrogen and oxygen atoms in total. The van der Waals surface area contributed by atoms with Crippen molar-refractivity contribution in [3.8, 4) is 0 Å². The Morgan fingerprint density at radius 3 is 2.20 bits per heavy atom. The Bertz CT molecular complexity index is 167. The molecule has 0 aromatic rings. The molecule has 52 valence electrons. The van der Waals surface area contributed by atoms with Gasteiger partial charge in [-0.1, -0.05) is 30.4 Å². The lowest BCUT2D eigenvalue weighted by Gasteiger charge is -2.15. The second kappa shape index (κ2) is 3.16. The van der Waals surface area contributed by atoms with E-state index in [1.54, 1.807) is 0 Å². The van der Waals surface area contributed by atoms with Crippen molar-refractivity contribution in [3.63, 3.8) is 0 Å². The molecule has 1 N–H and O–H groups in total. The van der Waals surface area contributed by atoms with E-state index in [-0.39, 0.29) is 5.92 Å². The van der Waals surface area contributed by atoms with Crippen LogP contribution < -0.4 is 0 Å². The summed E-state index contributed by atoms with van der Waals surface area (Å²) in [5, 5.41) is 7.07. The molecule has 0 aliphatic heterocycles. The zero-order valence-corrected chi connectivity index (χ0v) is 5.83. The van der Waals surface area contributed by atoms with Gasteiger partial charge in [-0.3, -0.25) is 0 Å². The Morgan fingerprint density at radius 1 is 1.20 bits per heavy atom. The van der Waals surface area contributed by atoms with Gasteiger partial charge in [-0.2, -0.15) is 0 Å². The van der Waals surface area contributed by atoms with Crippen molar-refractivity contribution in [2.24, 2.45) is 11.8 Å². The quantitative estimate of drug-likeness (QED) is 0.441. The first-order valence-corrected chi connectivity index (χ1v) is 3.36. The number of nitrogens with one attached hydrogen (secondary N) is 1. The van der Waals surface area contributed by atoms with E-state index >= 15 is 0 Å². The highest BCUT2D eigenvalue weighted by molar-refractivity contribution is 5.62. The molecule has 1 rings (SSSR count). The molecule has 0 aromatic heterocycles. The number of allylic oxidation sites excluding steroid dienone is 5. The third kappa shape index (κ3) is 1.24. The number of rotatable bonds is 2. The predicted octanol–water partition coefficient (Wildman–Crippen LogP) is 2.18. The van der Waals surface area contributed by atoms with Crippen molar-refractivity contribution in [1.29, 1.82) is 5.41 Å². The van der Waals surface area contributed by atoms with Crippen LogP contribution in [-0.4, -0.2) is 6.21 Å². The molecule has 1 aliphatic rings. The van der Waals surface area contributed by atoms with E-state index in [1.807, 2.05) is 24.3 Å². The summed E-state index contributed by atoms with van der Waals surface area (Å²) in [6, 6.07) is 0. The zero-order valence-electron chi connectivity index (χ0n) is 5.83. The van der Waals surface area contributed by atoms with Crippen LogP contribution in [0.3, 0.4) is 0 Å². The Kier molecular flexibility index (Phi) is 2.21. The second-order valence-corrected chi connectivity index (χ2v) is 2.33. The van der Waals surface area contributed by atoms with Crippen molar-refractivity contribution in [2.75, 3.05) is 0 Å². The summed E-state index contributed by atoms with van der Waals surface area (Å²) in [5.74, 6) is 0.546. The van der Waals surface area contributed by atoms with Gasteiger partial charge in [-0.05, 0) is 0 Å². The molecule has 0 radical (unpaired) electrons. The summed E-state index contributed by atoms with van der Waals surface area (Å²) in [7, 11) is 0. The van der Waals surface area contributed by atoms with E-state index in [0.717, 1.165) is 0 Å². The Balaban J connectivity index is 2.72. The topological polar surface area (TPSA) is 23.9 Å². The summed E-state index contributed by atoms with van der Waals surface area (Å²) in [5.41, 5.74) is 0. The van der Waals surface area contributed by atoms with Crippen molar-refractivity contribution >= 4 is 6.21 Å². The fourth-order valence-corrected chi connectivity index (χ4v) is 1.04. The van der Waals surface area contributed by atoms with Gasteiger partial charge in [-0.15, -0.1) is 6.58 Å². The maximum Gasteiger partial charge on any atom is 0.0216 e. The third-order valence-corrected chi connectivity index (χ3v) is 1.69. The van der Waals surface area contributed by atoms with Gasteiger partial charge in [0.15, 0.2) is 0 Å². The highest BCUT2D eigenvalue weighted by Crippen LogP contribution is 2.17. The molecule has 1 aliphatic carbocycles. The highest BCUT2D eigenvalue weighted by atomic mass is 14.4. The largest absolute Gasteiger partial charge is 0.312 e. The maximum atomic E-state index is 7.07. The third-order valence-electron chi connectivity index (χ3n) is 1.69. The molecular weight excluding hydrogens is 122 g/mol. The molecule has 0 heterocycles. The molecule has 10 heavy (non-hydrogen) atoms. The van der Waals surface area contributed by atoms with E-state index in [2.05, 4.69) is 12.7 Å². The van der Waals surface area contributed by atoms with Crippen molar-refractivity contribution < 1.29 is 0 Å². The molecule has 0 amide bonds. The second-order valence-electron chi connectivity index (χ2n) is 2.33. The number of hydrogen-bond donors (Lipinski definition) is 1. The van der Waals surface area contributed by atoms with Crippen molar-refractivity contribution in [2.45, 2.75) is 0 Å². The molecule has 0 saturated carbocycles. The van der Waals surface area contributed by atoms with Crippen LogP contribution in [0.2, 0.25) is 0 Å². The number of hydrogen-bond acceptors (Lipinski definition) is 1. The first-order valence-electron chi connectivity index (χ1n) is 3.36. The SMILES string of the molecule is C=CC1C=CC=CC1C=N. The molecule has 0 saturated heterocycles. The predicted molar refractivity (Wildman–Crippen MR) is 44.2 cm³/mol. The summed E-state index contributed by atoms with van der Waals surface area (Å²) in [4.78, 5) is 0. The fraction of sp³-hybridized carbons (Fsp3) is 0.222. The van der Waals surface area contributed by atoms with Gasteiger partial charge in [-0.25, -0.2) is 0 Å². The zero-order chi connectivity index (χ0) is 7.40. The minimum atomic E-state index is 0.225. The summed E-state index contributed by atoms with van der Waals surface area (Å²) in [6.07, 6.45) is 11.4. The maximum absolute atomic E-state index is 7.07. The smallest absolute Gasteiger partial charge is 0.0216 e. The molecule has 0 fully saturated rings. The van der Waals surface area contributed by atoms with E-state index in [4.69, 9.17) is 5.41 Å². The highest BCUT2D eigenvalue weighted by Gasteiger charge is 2.11. The Labute approximate surface area is 61.3 Å². The van der Waals surface area contributed by atoms with E-state index < -0.39 is 0 Å². The van der Waals surface area contributed by atoms with Gasteiger partial charge in [0.2, 0.25) is 0 Å². The molecular formula is C9H11N. The van der Waals surface area contributed by atoms with E-state index in [0.29, 0.717) is 5.92 Å². The average Bonchev–Trinajstić information content (AvgIpc) is 2.04. The first kappa shape index (κ1) is 7.00. The summed E-state index contributed by atoms with van der Waals surface area (Å²) in [6.45, 7) is 3.69. The van der Waals surface area contributed by atoms with Crippen LogP contribution in [0.1, 0.15) is 0 Å². The molecule has 0 spiro atoms. The molecule has 1 heteroatoms. The van der Waals surface area contributed by atoms with Crippen LogP contribution >= 0.6 is 0 Å². The monoisotopic (exact) mass is 133 g/mol. The van der Waals surface area contributed by atoms with Gasteiger partial charge in [0.05, 0.1) is 0 Å². The minimum absolute atomic E-state index is 0.225. The van der Waals surface area contributed by atoms with E-state index in [1.165, 1.54) is 6.21 Å². The van der Waals surface area contributed by atoms with Crippen molar-refractivity contribution in [3.05, 3.63) is 37.0 Å². The lowest BCUT2D eigenvalue weighted by atomic mass is 9.90. The van der Waals surface area contributed by atoms with Gasteiger partial charge in [0, 0.05) is 18.1 Å². The molecule has 0 bridgehead atoms. The van der Waals surface area contributed by atoms with Gasteiger partial charge in [0.1, 0.15) is 0 Å². The Hall–Kier alpha value is -1.11. The van der Waals surface area contributed by atoms with Crippen LogP contribution in [0.4, 0.5) is 0 Å². The standard InChI is InChI=1S/C9H11N/c1-2-8-5-3-4-6-9(8)7-10/h2-10H,1H2. The van der Waals surface area contributed by atoms with Gasteiger partial charge in [0.25, 0.3) is 0 Å². The minimum Gasteiger partial charge on any atom is -0.312 e. The van der Waals surface area contributed by atoms with Crippen LogP contribution in [0.15, 0.2) is 37.0 Å². The molecule has 0 aromatic carbocycles. The summed E-state index contributed by atoms with van der Waals surface area (Å²) < 4.78 is 0. The lowest BCUT2D eigenvalue weighted by molar-refractivity contribution is 0.714. The van der Waals surface area contributed by atoms with E-state index in [9.17, 15) is 0 Å². The van der Waals surface area contributed by atoms with Gasteiger partial charge >= 0.3 is 0 Å². The van der Waals surface area contributed by atoms with Gasteiger partial charge < -0.3 is 5.41 Å². The van der Waals surface area contributed by atoms with Crippen LogP contribution in [0.5, 0.6) is 0 Å². The molecule has 2 atom stereocenters.